The first-order valence-electron chi connectivity index (χ1n) is 12.1. The first-order chi connectivity index (χ1) is 17.5. The number of H-pyrrole nitrogens is 1. The molecule has 0 atom stereocenters. The lowest BCUT2D eigenvalue weighted by atomic mass is 10.2. The van der Waals surface area contributed by atoms with E-state index in [1.807, 2.05) is 48.2 Å². The fourth-order valence-corrected chi connectivity index (χ4v) is 3.87. The average Bonchev–Trinajstić information content (AvgIpc) is 3.34. The molecule has 1 saturated heterocycles. The number of aliphatic hydroxyl groups is 1. The number of ether oxygens (including phenoxy) is 1. The quantitative estimate of drug-likeness (QED) is 0.401. The molecule has 4 aromatic rings. The van der Waals surface area contributed by atoms with Crippen LogP contribution in [0.4, 0.5) is 0 Å². The zero-order valence-corrected chi connectivity index (χ0v) is 20.3. The maximum absolute atomic E-state index is 10.9. The predicted molar refractivity (Wildman–Crippen MR) is 136 cm³/mol. The van der Waals surface area contributed by atoms with Gasteiger partial charge in [-0.05, 0) is 56.2 Å². The lowest BCUT2D eigenvalue weighted by molar-refractivity contribution is -0.119. The first-order valence-corrected chi connectivity index (χ1v) is 12.1. The van der Waals surface area contributed by atoms with Crippen molar-refractivity contribution in [3.63, 3.8) is 0 Å². The van der Waals surface area contributed by atoms with E-state index >= 15 is 0 Å². The van der Waals surface area contributed by atoms with Crippen molar-refractivity contribution in [2.45, 2.75) is 31.9 Å². The Morgan fingerprint density at radius 2 is 1.89 bits per heavy atom. The third-order valence-electron chi connectivity index (χ3n) is 6.40. The minimum atomic E-state index is -0.250. The molecule has 36 heavy (non-hydrogen) atoms. The van der Waals surface area contributed by atoms with Crippen LogP contribution in [-0.4, -0.2) is 73.3 Å². The van der Waals surface area contributed by atoms with Crippen molar-refractivity contribution in [1.29, 1.82) is 0 Å². The minimum Gasteiger partial charge on any atom is -0.439 e. The number of rotatable bonds is 6. The number of nitrogens with one attached hydrogen (secondary N) is 1. The molecule has 2 N–H and O–H groups in total. The van der Waals surface area contributed by atoms with Gasteiger partial charge in [0.2, 0.25) is 12.3 Å². The molecule has 4 heterocycles. The summed E-state index contributed by atoms with van der Waals surface area (Å²) in [6, 6.07) is 15.7. The molecule has 0 radical (unpaired) electrons. The van der Waals surface area contributed by atoms with Gasteiger partial charge < -0.3 is 14.7 Å². The first kappa shape index (κ1) is 23.9. The Kier molecular flexibility index (Phi) is 6.92. The van der Waals surface area contributed by atoms with Crippen LogP contribution in [0.25, 0.3) is 22.2 Å². The second kappa shape index (κ2) is 10.4. The molecule has 6 rings (SSSR count). The van der Waals surface area contributed by atoms with E-state index in [0.29, 0.717) is 11.6 Å². The molecule has 1 saturated carbocycles. The maximum Gasteiger partial charge on any atom is 0.219 e. The monoisotopic (exact) mass is 486 g/mol. The molecule has 2 fully saturated rings. The second-order valence-electron chi connectivity index (χ2n) is 9.53. The van der Waals surface area contributed by atoms with Crippen LogP contribution in [0.3, 0.4) is 0 Å². The highest BCUT2D eigenvalue weighted by atomic mass is 16.5. The summed E-state index contributed by atoms with van der Waals surface area (Å²) < 4.78 is 5.93. The summed E-state index contributed by atoms with van der Waals surface area (Å²) in [7, 11) is 0. The molecule has 9 heteroatoms. The summed E-state index contributed by atoms with van der Waals surface area (Å²) >= 11 is 0. The number of carbonyl (C=O) groups is 1. The maximum atomic E-state index is 10.9. The van der Waals surface area contributed by atoms with Crippen LogP contribution in [0.15, 0.2) is 60.9 Å². The van der Waals surface area contributed by atoms with E-state index in [9.17, 15) is 4.79 Å². The van der Waals surface area contributed by atoms with Crippen LogP contribution in [0, 0.1) is 0 Å². The number of pyridine rings is 2. The smallest absolute Gasteiger partial charge is 0.219 e. The molecule has 0 unspecified atom stereocenters. The highest BCUT2D eigenvalue weighted by Gasteiger charge is 2.33. The Hall–Kier alpha value is -3.82. The number of aromatic amines is 1. The van der Waals surface area contributed by atoms with Crippen molar-refractivity contribution >= 4 is 17.3 Å². The Morgan fingerprint density at radius 1 is 1.08 bits per heavy atom. The van der Waals surface area contributed by atoms with Gasteiger partial charge in [-0.3, -0.25) is 19.8 Å². The summed E-state index contributed by atoms with van der Waals surface area (Å²) in [5.74, 6) is 1.25. The van der Waals surface area contributed by atoms with Gasteiger partial charge in [-0.15, -0.1) is 0 Å². The number of benzene rings is 1. The van der Waals surface area contributed by atoms with E-state index in [1.165, 1.54) is 0 Å². The molecule has 1 aliphatic carbocycles. The Morgan fingerprint density at radius 3 is 2.53 bits per heavy atom. The van der Waals surface area contributed by atoms with Crippen molar-refractivity contribution in [3.8, 4) is 22.9 Å². The Balaban J connectivity index is 0.000000477. The number of fused-ring (bicyclic) bond motifs is 1. The molecule has 0 spiro atoms. The third-order valence-corrected chi connectivity index (χ3v) is 6.40. The van der Waals surface area contributed by atoms with Gasteiger partial charge in [-0.1, -0.05) is 6.07 Å². The molecule has 9 nitrogen and oxygen atoms in total. The lowest BCUT2D eigenvalue weighted by Gasteiger charge is -2.32. The summed E-state index contributed by atoms with van der Waals surface area (Å²) in [6.07, 6.45) is 6.41. The Labute approximate surface area is 209 Å². The zero-order chi connectivity index (χ0) is 25.0. The minimum absolute atomic E-state index is 0.250. The van der Waals surface area contributed by atoms with Gasteiger partial charge in [0.25, 0.3) is 0 Å². The lowest BCUT2D eigenvalue weighted by Crippen LogP contribution is -2.45. The number of nitrogens with zero attached hydrogens (tertiary/aromatic N) is 5. The second-order valence-corrected chi connectivity index (χ2v) is 9.53. The number of amides is 1. The van der Waals surface area contributed by atoms with Crippen LogP contribution >= 0.6 is 0 Å². The summed E-state index contributed by atoms with van der Waals surface area (Å²) in [5.41, 5.74) is 3.57. The van der Waals surface area contributed by atoms with E-state index in [-0.39, 0.29) is 5.60 Å². The van der Waals surface area contributed by atoms with Crippen molar-refractivity contribution in [3.05, 3.63) is 66.6 Å². The van der Waals surface area contributed by atoms with Crippen LogP contribution < -0.4 is 4.74 Å². The van der Waals surface area contributed by atoms with Gasteiger partial charge in [0.05, 0.1) is 22.5 Å². The van der Waals surface area contributed by atoms with E-state index in [0.717, 1.165) is 79.8 Å². The molecule has 186 valence electrons. The van der Waals surface area contributed by atoms with Gasteiger partial charge in [0.15, 0.2) is 0 Å². The Bertz CT molecular complexity index is 1290. The summed E-state index contributed by atoms with van der Waals surface area (Å²) in [4.78, 5) is 24.2. The molecule has 3 aromatic heterocycles. The SMILES string of the molecule is CC1(O)CC1.O=CN1CCN(Cc2ccc3cc(Oc4ccc(-c5ccn[nH]5)cn4)ccc3n2)CC1. The standard InChI is InChI=1S/C23H22N6O2.C4H8O/c30-16-29-11-9-28(10-12-29)15-19-3-1-17-13-20(4-5-21(17)26-19)31-23-6-2-18(14-24-23)22-7-8-25-27-22;1-4(5)2-3-4/h1-8,13-14,16H,9-12,15H2,(H,25,27);5H,2-3H2,1H3. The predicted octanol–water partition coefficient (Wildman–Crippen LogP) is 3.62. The van der Waals surface area contributed by atoms with Crippen molar-refractivity contribution < 1.29 is 14.6 Å². The van der Waals surface area contributed by atoms with Crippen molar-refractivity contribution in [2.24, 2.45) is 0 Å². The zero-order valence-electron chi connectivity index (χ0n) is 20.3. The summed E-state index contributed by atoms with van der Waals surface area (Å²) in [5, 5.41) is 16.5. The van der Waals surface area contributed by atoms with Crippen molar-refractivity contribution in [1.82, 2.24) is 30.0 Å². The molecule has 0 bridgehead atoms. The number of hydrogen-bond donors (Lipinski definition) is 2. The number of aromatic nitrogens is 4. The fraction of sp³-hybridized carbons (Fsp3) is 0.333. The number of piperazine rings is 1. The normalized spacial score (nSPS) is 16.8. The van der Waals surface area contributed by atoms with Crippen LogP contribution in [0.2, 0.25) is 0 Å². The van der Waals surface area contributed by atoms with Gasteiger partial charge in [-0.2, -0.15) is 5.10 Å². The van der Waals surface area contributed by atoms with Gasteiger partial charge in [0, 0.05) is 62.1 Å². The van der Waals surface area contributed by atoms with E-state index in [2.05, 4.69) is 32.2 Å². The third kappa shape index (κ3) is 6.24. The topological polar surface area (TPSA) is 107 Å². The van der Waals surface area contributed by atoms with Crippen LogP contribution in [-0.2, 0) is 11.3 Å². The molecule has 1 aromatic carbocycles. The van der Waals surface area contributed by atoms with E-state index in [1.54, 1.807) is 12.4 Å². The molecule has 1 aliphatic heterocycles. The molecular weight excluding hydrogens is 456 g/mol. The average molecular weight is 487 g/mol. The molecule has 2 aliphatic rings. The van der Waals surface area contributed by atoms with Gasteiger partial charge in [-0.25, -0.2) is 4.98 Å². The highest BCUT2D eigenvalue weighted by Crippen LogP contribution is 2.33. The number of carbonyl (C=O) groups excluding carboxylic acids is 1. The van der Waals surface area contributed by atoms with Crippen molar-refractivity contribution in [2.75, 3.05) is 26.2 Å². The van der Waals surface area contributed by atoms with Crippen LogP contribution in [0.5, 0.6) is 11.6 Å². The van der Waals surface area contributed by atoms with E-state index < -0.39 is 0 Å². The van der Waals surface area contributed by atoms with Gasteiger partial charge in [0.1, 0.15) is 5.75 Å². The largest absolute Gasteiger partial charge is 0.439 e. The summed E-state index contributed by atoms with van der Waals surface area (Å²) in [6.45, 7) is 5.93. The van der Waals surface area contributed by atoms with Gasteiger partial charge >= 0.3 is 0 Å². The van der Waals surface area contributed by atoms with E-state index in [4.69, 9.17) is 14.8 Å². The number of hydrogen-bond acceptors (Lipinski definition) is 7. The fourth-order valence-electron chi connectivity index (χ4n) is 3.87. The molecule has 1 amide bonds. The molecular formula is C27H30N6O3. The van der Waals surface area contributed by atoms with Crippen LogP contribution in [0.1, 0.15) is 25.5 Å². The highest BCUT2D eigenvalue weighted by molar-refractivity contribution is 5.80.